The molecule has 0 aliphatic heterocycles. The maximum Gasteiger partial charge on any atom is 0.0827 e. The Labute approximate surface area is 100 Å². The van der Waals surface area contributed by atoms with Gasteiger partial charge in [-0.15, -0.1) is 0 Å². The third-order valence-corrected chi connectivity index (χ3v) is 3.18. The minimum atomic E-state index is 0.734. The first kappa shape index (κ1) is 11.2. The average Bonchev–Trinajstić information content (AvgIpc) is 2.33. The number of benzene rings is 1. The Balaban J connectivity index is 2.32. The lowest BCUT2D eigenvalue weighted by atomic mass is 9.91. The van der Waals surface area contributed by atoms with Crippen LogP contribution in [0.25, 0.3) is 6.08 Å². The molecule has 0 spiro atoms. The molecule has 1 aliphatic rings. The van der Waals surface area contributed by atoms with Gasteiger partial charge in [0.15, 0.2) is 0 Å². The van der Waals surface area contributed by atoms with Crippen LogP contribution in [0, 0.1) is 0 Å². The zero-order valence-corrected chi connectivity index (χ0v) is 9.74. The van der Waals surface area contributed by atoms with E-state index in [0.717, 1.165) is 47.6 Å². The molecule has 0 unspecified atom stereocenters. The summed E-state index contributed by atoms with van der Waals surface area (Å²) in [6.45, 7) is 0. The summed E-state index contributed by atoms with van der Waals surface area (Å²) in [6.07, 6.45) is 6.09. The molecular weight excluding hydrogens is 222 g/mol. The quantitative estimate of drug-likeness (QED) is 0.576. The van der Waals surface area contributed by atoms with Crippen LogP contribution in [0.15, 0.2) is 35.0 Å². The van der Waals surface area contributed by atoms with Crippen LogP contribution in [0.2, 0.25) is 5.02 Å². The van der Waals surface area contributed by atoms with Gasteiger partial charge in [0.2, 0.25) is 0 Å². The maximum absolute atomic E-state index is 8.92. The third kappa shape index (κ3) is 2.45. The smallest absolute Gasteiger partial charge is 0.0827 e. The fourth-order valence-corrected chi connectivity index (χ4v) is 2.15. The molecule has 2 rings (SSSR count). The summed E-state index contributed by atoms with van der Waals surface area (Å²) in [5.41, 5.74) is 2.88. The van der Waals surface area contributed by atoms with Gasteiger partial charge in [-0.3, -0.25) is 0 Å². The molecule has 2 nitrogen and oxygen atoms in total. The summed E-state index contributed by atoms with van der Waals surface area (Å²) in [5, 5.41) is 13.0. The van der Waals surface area contributed by atoms with E-state index in [-0.39, 0.29) is 0 Å². The van der Waals surface area contributed by atoms with Crippen molar-refractivity contribution in [2.45, 2.75) is 25.7 Å². The van der Waals surface area contributed by atoms with E-state index < -0.39 is 0 Å². The average molecular weight is 236 g/mol. The molecular formula is C13H14ClNO. The van der Waals surface area contributed by atoms with E-state index in [0.29, 0.717) is 0 Å². The predicted molar refractivity (Wildman–Crippen MR) is 67.1 cm³/mol. The first-order valence-electron chi connectivity index (χ1n) is 5.47. The van der Waals surface area contributed by atoms with Crippen molar-refractivity contribution < 1.29 is 5.21 Å². The van der Waals surface area contributed by atoms with Crippen molar-refractivity contribution in [1.82, 2.24) is 0 Å². The molecule has 0 atom stereocenters. The van der Waals surface area contributed by atoms with Gasteiger partial charge in [-0.25, -0.2) is 0 Å². The summed E-state index contributed by atoms with van der Waals surface area (Å²) in [6, 6.07) is 7.70. The summed E-state index contributed by atoms with van der Waals surface area (Å²) in [4.78, 5) is 0. The molecule has 0 amide bonds. The zero-order valence-electron chi connectivity index (χ0n) is 8.99. The van der Waals surface area contributed by atoms with E-state index in [1.165, 1.54) is 0 Å². The fraction of sp³-hybridized carbons (Fsp3) is 0.308. The Morgan fingerprint density at radius 3 is 2.69 bits per heavy atom. The van der Waals surface area contributed by atoms with Crippen LogP contribution < -0.4 is 0 Å². The first-order chi connectivity index (χ1) is 7.81. The van der Waals surface area contributed by atoms with Crippen molar-refractivity contribution in [3.8, 4) is 0 Å². The Morgan fingerprint density at radius 2 is 1.94 bits per heavy atom. The lowest BCUT2D eigenvalue weighted by Crippen LogP contribution is -2.08. The number of halogens is 1. The largest absolute Gasteiger partial charge is 0.411 e. The Morgan fingerprint density at radius 1 is 1.19 bits per heavy atom. The van der Waals surface area contributed by atoms with Crippen molar-refractivity contribution in [1.29, 1.82) is 0 Å². The molecule has 1 aromatic carbocycles. The first-order valence-corrected chi connectivity index (χ1v) is 5.85. The van der Waals surface area contributed by atoms with Crippen molar-refractivity contribution in [2.24, 2.45) is 5.16 Å². The minimum absolute atomic E-state index is 0.734. The number of oxime groups is 1. The Bertz CT molecular complexity index is 437. The van der Waals surface area contributed by atoms with Crippen LogP contribution in [0.4, 0.5) is 0 Å². The highest BCUT2D eigenvalue weighted by molar-refractivity contribution is 6.32. The standard InChI is InChI=1S/C13H14ClNO/c14-12-7-3-1-5-10(12)9-11-6-2-4-8-13(11)15-16/h1,3,5,7,9,16H,2,4,6,8H2/b11-9+,15-13+. The highest BCUT2D eigenvalue weighted by atomic mass is 35.5. The van der Waals surface area contributed by atoms with Gasteiger partial charge in [0.1, 0.15) is 0 Å². The number of nitrogens with zero attached hydrogens (tertiary/aromatic N) is 1. The lowest BCUT2D eigenvalue weighted by Gasteiger charge is -2.15. The molecule has 0 saturated heterocycles. The van der Waals surface area contributed by atoms with Crippen LogP contribution >= 0.6 is 11.6 Å². The molecule has 1 fully saturated rings. The summed E-state index contributed by atoms with van der Waals surface area (Å²) >= 11 is 6.09. The molecule has 0 radical (unpaired) electrons. The molecule has 3 heteroatoms. The summed E-state index contributed by atoms with van der Waals surface area (Å²) in [7, 11) is 0. The Hall–Kier alpha value is -1.28. The van der Waals surface area contributed by atoms with E-state index in [9.17, 15) is 0 Å². The fourth-order valence-electron chi connectivity index (χ4n) is 1.96. The molecule has 1 saturated carbocycles. The van der Waals surface area contributed by atoms with Gasteiger partial charge in [-0.1, -0.05) is 35.0 Å². The second-order valence-electron chi connectivity index (χ2n) is 3.94. The zero-order chi connectivity index (χ0) is 11.4. The predicted octanol–water partition coefficient (Wildman–Crippen LogP) is 4.13. The van der Waals surface area contributed by atoms with E-state index in [4.69, 9.17) is 16.8 Å². The number of rotatable bonds is 1. The van der Waals surface area contributed by atoms with Crippen molar-refractivity contribution in [3.05, 3.63) is 40.4 Å². The number of allylic oxidation sites excluding steroid dienone is 1. The minimum Gasteiger partial charge on any atom is -0.411 e. The van der Waals surface area contributed by atoms with Gasteiger partial charge in [0.25, 0.3) is 0 Å². The van der Waals surface area contributed by atoms with E-state index in [1.54, 1.807) is 0 Å². The van der Waals surface area contributed by atoms with E-state index >= 15 is 0 Å². The van der Waals surface area contributed by atoms with Gasteiger partial charge in [0, 0.05) is 5.02 Å². The lowest BCUT2D eigenvalue weighted by molar-refractivity contribution is 0.316. The van der Waals surface area contributed by atoms with E-state index in [2.05, 4.69) is 5.16 Å². The summed E-state index contributed by atoms with van der Waals surface area (Å²) in [5.74, 6) is 0. The van der Waals surface area contributed by atoms with Crippen LogP contribution in [-0.4, -0.2) is 10.9 Å². The Kier molecular flexibility index (Phi) is 3.62. The van der Waals surface area contributed by atoms with Crippen LogP contribution in [0.1, 0.15) is 31.2 Å². The van der Waals surface area contributed by atoms with Gasteiger partial charge in [-0.2, -0.15) is 0 Å². The second kappa shape index (κ2) is 5.17. The molecule has 16 heavy (non-hydrogen) atoms. The van der Waals surface area contributed by atoms with Crippen molar-refractivity contribution in [2.75, 3.05) is 0 Å². The van der Waals surface area contributed by atoms with Crippen LogP contribution in [-0.2, 0) is 0 Å². The topological polar surface area (TPSA) is 32.6 Å². The van der Waals surface area contributed by atoms with Crippen LogP contribution in [0.5, 0.6) is 0 Å². The van der Waals surface area contributed by atoms with Crippen LogP contribution in [0.3, 0.4) is 0 Å². The highest BCUT2D eigenvalue weighted by Crippen LogP contribution is 2.25. The monoisotopic (exact) mass is 235 g/mol. The number of hydrogen-bond donors (Lipinski definition) is 1. The second-order valence-corrected chi connectivity index (χ2v) is 4.35. The van der Waals surface area contributed by atoms with Gasteiger partial charge in [0.05, 0.1) is 5.71 Å². The van der Waals surface area contributed by atoms with Gasteiger partial charge < -0.3 is 5.21 Å². The highest BCUT2D eigenvalue weighted by Gasteiger charge is 2.13. The van der Waals surface area contributed by atoms with E-state index in [1.807, 2.05) is 30.3 Å². The molecule has 84 valence electrons. The number of hydrogen-bond acceptors (Lipinski definition) is 2. The normalized spacial score (nSPS) is 21.6. The van der Waals surface area contributed by atoms with Crippen molar-refractivity contribution in [3.63, 3.8) is 0 Å². The SMILES string of the molecule is O/N=C1\CCCC\C1=C/c1ccccc1Cl. The third-order valence-electron chi connectivity index (χ3n) is 2.84. The van der Waals surface area contributed by atoms with Gasteiger partial charge >= 0.3 is 0 Å². The maximum atomic E-state index is 8.92. The molecule has 0 bridgehead atoms. The molecule has 0 aromatic heterocycles. The molecule has 1 aromatic rings. The van der Waals surface area contributed by atoms with Gasteiger partial charge in [-0.05, 0) is 49.0 Å². The summed E-state index contributed by atoms with van der Waals surface area (Å²) < 4.78 is 0. The molecule has 1 aliphatic carbocycles. The van der Waals surface area contributed by atoms with Crippen molar-refractivity contribution >= 4 is 23.4 Å². The molecule has 1 N–H and O–H groups in total. The molecule has 0 heterocycles.